The van der Waals surface area contributed by atoms with Crippen LogP contribution in [0.1, 0.15) is 16.7 Å². The van der Waals surface area contributed by atoms with E-state index in [1.807, 2.05) is 6.92 Å². The molecule has 0 unspecified atom stereocenters. The highest BCUT2D eigenvalue weighted by Gasteiger charge is 2.07. The molecule has 1 N–H and O–H groups in total. The van der Waals surface area contributed by atoms with Gasteiger partial charge >= 0.3 is 0 Å². The Kier molecular flexibility index (Phi) is 4.91. The third-order valence-corrected chi connectivity index (χ3v) is 2.83. The van der Waals surface area contributed by atoms with Gasteiger partial charge in [-0.2, -0.15) is 0 Å². The number of aryl methyl sites for hydroxylation is 1. The molecule has 2 aromatic rings. The fraction of sp³-hybridized carbons (Fsp3) is 0.176. The second kappa shape index (κ2) is 6.87. The summed E-state index contributed by atoms with van der Waals surface area (Å²) in [6.07, 6.45) is 0. The third kappa shape index (κ3) is 4.04. The van der Waals surface area contributed by atoms with Crippen molar-refractivity contribution < 1.29 is 18.6 Å². The van der Waals surface area contributed by atoms with E-state index < -0.39 is 11.6 Å². The van der Waals surface area contributed by atoms with E-state index in [1.165, 1.54) is 18.2 Å². The highest BCUT2D eigenvalue weighted by atomic mass is 19.1. The molecule has 0 bridgehead atoms. The van der Waals surface area contributed by atoms with E-state index in [0.29, 0.717) is 11.1 Å². The zero-order valence-corrected chi connectivity index (χ0v) is 11.5. The zero-order valence-electron chi connectivity index (χ0n) is 11.5. The van der Waals surface area contributed by atoms with E-state index >= 15 is 0 Å². The Morgan fingerprint density at radius 3 is 2.62 bits per heavy atom. The average molecular weight is 288 g/mol. The van der Waals surface area contributed by atoms with Crippen molar-refractivity contribution in [1.29, 1.82) is 0 Å². The predicted octanol–water partition coefficient (Wildman–Crippen LogP) is 3.20. The number of ether oxygens (including phenoxy) is 1. The summed E-state index contributed by atoms with van der Waals surface area (Å²) in [5.74, 6) is 4.19. The summed E-state index contributed by atoms with van der Waals surface area (Å²) in [7, 11) is 0. The van der Waals surface area contributed by atoms with Crippen LogP contribution in [0.4, 0.5) is 8.78 Å². The average Bonchev–Trinajstić information content (AvgIpc) is 2.47. The van der Waals surface area contributed by atoms with Crippen LogP contribution in [0.5, 0.6) is 5.75 Å². The summed E-state index contributed by atoms with van der Waals surface area (Å²) in [4.78, 5) is 0. The highest BCUT2D eigenvalue weighted by molar-refractivity contribution is 5.37. The number of hydrogen-bond acceptors (Lipinski definition) is 2. The Balaban J connectivity index is 2.11. The molecule has 2 aromatic carbocycles. The molecule has 0 atom stereocenters. The fourth-order valence-electron chi connectivity index (χ4n) is 1.76. The van der Waals surface area contributed by atoms with E-state index in [0.717, 1.165) is 5.56 Å². The minimum absolute atomic E-state index is 0.0695. The molecule has 0 saturated carbocycles. The van der Waals surface area contributed by atoms with Gasteiger partial charge in [-0.25, -0.2) is 8.78 Å². The van der Waals surface area contributed by atoms with Gasteiger partial charge in [0.2, 0.25) is 0 Å². The Morgan fingerprint density at radius 1 is 1.10 bits per heavy atom. The maximum Gasteiger partial charge on any atom is 0.165 e. The molecule has 0 fully saturated rings. The van der Waals surface area contributed by atoms with Gasteiger partial charge in [-0.15, -0.1) is 0 Å². The third-order valence-electron chi connectivity index (χ3n) is 2.83. The summed E-state index contributed by atoms with van der Waals surface area (Å²) in [5, 5.41) is 8.59. The predicted molar refractivity (Wildman–Crippen MR) is 75.8 cm³/mol. The van der Waals surface area contributed by atoms with E-state index in [9.17, 15) is 8.78 Å². The van der Waals surface area contributed by atoms with Crippen molar-refractivity contribution in [3.63, 3.8) is 0 Å². The van der Waals surface area contributed by atoms with Crippen LogP contribution in [0.15, 0.2) is 36.4 Å². The molecule has 2 nitrogen and oxygen atoms in total. The first kappa shape index (κ1) is 15.0. The number of halogens is 2. The van der Waals surface area contributed by atoms with Crippen molar-refractivity contribution in [2.45, 2.75) is 13.5 Å². The zero-order chi connectivity index (χ0) is 15.2. The lowest BCUT2D eigenvalue weighted by molar-refractivity contribution is 0.284. The van der Waals surface area contributed by atoms with Crippen molar-refractivity contribution in [3.05, 3.63) is 64.7 Å². The number of hydrogen-bond donors (Lipinski definition) is 1. The van der Waals surface area contributed by atoms with Gasteiger partial charge in [-0.3, -0.25) is 0 Å². The minimum Gasteiger partial charge on any atom is -0.486 e. The molecule has 2 rings (SSSR count). The first-order valence-corrected chi connectivity index (χ1v) is 6.37. The molecule has 4 heteroatoms. The Morgan fingerprint density at radius 2 is 1.90 bits per heavy atom. The van der Waals surface area contributed by atoms with E-state index in [1.54, 1.807) is 18.2 Å². The van der Waals surface area contributed by atoms with Crippen molar-refractivity contribution >= 4 is 0 Å². The van der Waals surface area contributed by atoms with Crippen LogP contribution < -0.4 is 4.74 Å². The molecule has 0 aromatic heterocycles. The normalized spacial score (nSPS) is 9.90. The maximum atomic E-state index is 13.9. The van der Waals surface area contributed by atoms with Gasteiger partial charge < -0.3 is 9.84 Å². The Hall–Kier alpha value is -2.38. The van der Waals surface area contributed by atoms with Gasteiger partial charge in [-0.1, -0.05) is 24.0 Å². The lowest BCUT2D eigenvalue weighted by Crippen LogP contribution is -2.00. The number of benzene rings is 2. The van der Waals surface area contributed by atoms with E-state index in [-0.39, 0.29) is 19.0 Å². The monoisotopic (exact) mass is 288 g/mol. The SMILES string of the molecule is Cc1ccc(F)c(OCc2ccc(C#CCO)cc2F)c1. The fourth-order valence-corrected chi connectivity index (χ4v) is 1.76. The summed E-state index contributed by atoms with van der Waals surface area (Å²) in [6, 6.07) is 8.93. The van der Waals surface area contributed by atoms with Crippen molar-refractivity contribution in [2.24, 2.45) is 0 Å². The molecule has 0 spiro atoms. The molecule has 0 aliphatic carbocycles. The molecular weight excluding hydrogens is 274 g/mol. The van der Waals surface area contributed by atoms with Crippen molar-refractivity contribution in [1.82, 2.24) is 0 Å². The molecule has 0 amide bonds. The van der Waals surface area contributed by atoms with E-state index in [4.69, 9.17) is 9.84 Å². The Bertz CT molecular complexity index is 700. The molecule has 0 radical (unpaired) electrons. The molecule has 108 valence electrons. The van der Waals surface area contributed by atoms with Crippen LogP contribution in [0.25, 0.3) is 0 Å². The summed E-state index contributed by atoms with van der Waals surface area (Å²) >= 11 is 0. The van der Waals surface area contributed by atoms with Crippen LogP contribution in [-0.4, -0.2) is 11.7 Å². The second-order valence-corrected chi connectivity index (χ2v) is 4.49. The molecule has 21 heavy (non-hydrogen) atoms. The molecule has 0 saturated heterocycles. The van der Waals surface area contributed by atoms with Gasteiger partial charge in [0.15, 0.2) is 11.6 Å². The summed E-state index contributed by atoms with van der Waals surface area (Å²) < 4.78 is 32.7. The highest BCUT2D eigenvalue weighted by Crippen LogP contribution is 2.20. The summed E-state index contributed by atoms with van der Waals surface area (Å²) in [5.41, 5.74) is 1.64. The minimum atomic E-state index is -0.480. The Labute approximate surface area is 122 Å². The van der Waals surface area contributed by atoms with Gasteiger partial charge in [0.25, 0.3) is 0 Å². The standard InChI is InChI=1S/C17H14F2O2/c1-12-4-7-15(18)17(9-12)21-11-14-6-5-13(3-2-8-20)10-16(14)19/h4-7,9-10,20H,8,11H2,1H3. The van der Waals surface area contributed by atoms with Crippen LogP contribution in [0.3, 0.4) is 0 Å². The van der Waals surface area contributed by atoms with Gasteiger partial charge in [0.05, 0.1) is 0 Å². The van der Waals surface area contributed by atoms with Crippen LogP contribution in [0.2, 0.25) is 0 Å². The van der Waals surface area contributed by atoms with Crippen LogP contribution in [0, 0.1) is 30.4 Å². The first-order valence-electron chi connectivity index (χ1n) is 6.37. The second-order valence-electron chi connectivity index (χ2n) is 4.49. The van der Waals surface area contributed by atoms with Crippen LogP contribution >= 0.6 is 0 Å². The largest absolute Gasteiger partial charge is 0.486 e. The molecule has 0 aliphatic rings. The van der Waals surface area contributed by atoms with Gasteiger partial charge in [0, 0.05) is 11.1 Å². The number of aliphatic hydroxyl groups is 1. The number of rotatable bonds is 3. The molecule has 0 heterocycles. The smallest absolute Gasteiger partial charge is 0.165 e. The quantitative estimate of drug-likeness (QED) is 0.879. The lowest BCUT2D eigenvalue weighted by atomic mass is 10.1. The molecule has 0 aliphatic heterocycles. The van der Waals surface area contributed by atoms with Crippen molar-refractivity contribution in [2.75, 3.05) is 6.61 Å². The first-order chi connectivity index (χ1) is 10.1. The number of aliphatic hydroxyl groups excluding tert-OH is 1. The summed E-state index contributed by atoms with van der Waals surface area (Å²) in [6.45, 7) is 1.47. The van der Waals surface area contributed by atoms with Crippen LogP contribution in [-0.2, 0) is 6.61 Å². The molecular formula is C17H14F2O2. The topological polar surface area (TPSA) is 29.5 Å². The van der Waals surface area contributed by atoms with Gasteiger partial charge in [0.1, 0.15) is 19.0 Å². The maximum absolute atomic E-state index is 13.9. The van der Waals surface area contributed by atoms with Crippen molar-refractivity contribution in [3.8, 4) is 17.6 Å². The van der Waals surface area contributed by atoms with E-state index in [2.05, 4.69) is 11.8 Å². The lowest BCUT2D eigenvalue weighted by Gasteiger charge is -2.09. The van der Waals surface area contributed by atoms with Gasteiger partial charge in [-0.05, 0) is 36.8 Å².